The fourth-order valence-corrected chi connectivity index (χ4v) is 3.50. The van der Waals surface area contributed by atoms with E-state index < -0.39 is 11.6 Å². The zero-order valence-corrected chi connectivity index (χ0v) is 14.7. The van der Waals surface area contributed by atoms with Gasteiger partial charge in [-0.25, -0.2) is 13.8 Å². The molecule has 1 fully saturated rings. The molecule has 1 aliphatic carbocycles. The maximum atomic E-state index is 13.4. The van der Waals surface area contributed by atoms with Crippen LogP contribution in [0.3, 0.4) is 0 Å². The second-order valence-corrected chi connectivity index (χ2v) is 7.15. The highest BCUT2D eigenvalue weighted by atomic mass is 19.2. The normalized spacial score (nSPS) is 20.0. The van der Waals surface area contributed by atoms with Crippen LogP contribution in [-0.4, -0.2) is 26.9 Å². The average Bonchev–Trinajstić information content (AvgIpc) is 3.39. The Kier molecular flexibility index (Phi) is 4.48. The van der Waals surface area contributed by atoms with Crippen molar-refractivity contribution in [3.8, 4) is 0 Å². The van der Waals surface area contributed by atoms with Crippen molar-refractivity contribution in [3.63, 3.8) is 0 Å². The van der Waals surface area contributed by atoms with Gasteiger partial charge < -0.3 is 9.88 Å². The van der Waals surface area contributed by atoms with Crippen LogP contribution in [0.25, 0.3) is 0 Å². The Morgan fingerprint density at radius 3 is 2.81 bits per heavy atom. The third-order valence-corrected chi connectivity index (χ3v) is 5.26. The van der Waals surface area contributed by atoms with Gasteiger partial charge in [0.1, 0.15) is 5.82 Å². The summed E-state index contributed by atoms with van der Waals surface area (Å²) in [7, 11) is 0. The van der Waals surface area contributed by atoms with Crippen LogP contribution in [0.1, 0.15) is 42.9 Å². The van der Waals surface area contributed by atoms with Gasteiger partial charge in [-0.3, -0.25) is 9.69 Å². The van der Waals surface area contributed by atoms with E-state index in [1.54, 1.807) is 6.07 Å². The summed E-state index contributed by atoms with van der Waals surface area (Å²) in [4.78, 5) is 18.6. The van der Waals surface area contributed by atoms with Crippen LogP contribution in [0.2, 0.25) is 0 Å². The summed E-state index contributed by atoms with van der Waals surface area (Å²) in [6.07, 6.45) is 3.80. The van der Waals surface area contributed by atoms with Crippen LogP contribution < -0.4 is 5.32 Å². The standard InChI is InChI=1S/C19H22F2N4O/c1-12-18-22-9-15(10-23-19(26)14-3-4-14)25(18)7-6-24(12)11-13-2-5-16(20)17(21)8-13/h2,5,8-9,12,14H,3-4,6-7,10-11H2,1H3,(H,23,26). The van der Waals surface area contributed by atoms with E-state index in [4.69, 9.17) is 0 Å². The van der Waals surface area contributed by atoms with E-state index in [1.807, 2.05) is 6.20 Å². The number of nitrogens with zero attached hydrogens (tertiary/aromatic N) is 3. The lowest BCUT2D eigenvalue weighted by molar-refractivity contribution is -0.122. The monoisotopic (exact) mass is 360 g/mol. The van der Waals surface area contributed by atoms with Crippen molar-refractivity contribution in [1.29, 1.82) is 0 Å². The molecule has 0 spiro atoms. The van der Waals surface area contributed by atoms with Crippen LogP contribution in [0, 0.1) is 17.6 Å². The third kappa shape index (κ3) is 3.35. The van der Waals surface area contributed by atoms with Crippen molar-refractivity contribution < 1.29 is 13.6 Å². The highest BCUT2D eigenvalue weighted by Crippen LogP contribution is 2.29. The van der Waals surface area contributed by atoms with Gasteiger partial charge in [0, 0.05) is 25.6 Å². The molecular weight excluding hydrogens is 338 g/mol. The van der Waals surface area contributed by atoms with Gasteiger partial charge in [0.15, 0.2) is 11.6 Å². The number of halogens is 2. The number of aromatic nitrogens is 2. The Hall–Kier alpha value is -2.28. The van der Waals surface area contributed by atoms with E-state index >= 15 is 0 Å². The summed E-state index contributed by atoms with van der Waals surface area (Å²) in [5.41, 5.74) is 1.75. The van der Waals surface area contributed by atoms with E-state index in [0.29, 0.717) is 13.1 Å². The van der Waals surface area contributed by atoms with Crippen LogP contribution in [0.4, 0.5) is 8.78 Å². The highest BCUT2D eigenvalue weighted by Gasteiger charge is 2.30. The average molecular weight is 360 g/mol. The fraction of sp³-hybridized carbons (Fsp3) is 0.474. The molecule has 1 amide bonds. The number of fused-ring (bicyclic) bond motifs is 1. The number of imidazole rings is 1. The fourth-order valence-electron chi connectivity index (χ4n) is 3.50. The van der Waals surface area contributed by atoms with Crippen molar-refractivity contribution in [2.24, 2.45) is 5.92 Å². The van der Waals surface area contributed by atoms with Crippen molar-refractivity contribution in [3.05, 3.63) is 53.1 Å². The molecule has 2 heterocycles. The number of rotatable bonds is 5. The summed E-state index contributed by atoms with van der Waals surface area (Å²) in [5.74, 6) is -0.376. The molecule has 5 nitrogen and oxygen atoms in total. The van der Waals surface area contributed by atoms with E-state index in [2.05, 4.69) is 26.7 Å². The molecule has 2 aromatic rings. The molecule has 1 aliphatic heterocycles. The van der Waals surface area contributed by atoms with Crippen LogP contribution >= 0.6 is 0 Å². The zero-order chi connectivity index (χ0) is 18.3. The molecule has 1 N–H and O–H groups in total. The lowest BCUT2D eigenvalue weighted by Crippen LogP contribution is -2.37. The van der Waals surface area contributed by atoms with Crippen molar-refractivity contribution in [2.45, 2.75) is 45.4 Å². The first kappa shape index (κ1) is 17.1. The first-order valence-corrected chi connectivity index (χ1v) is 9.03. The molecular formula is C19H22F2N4O. The minimum atomic E-state index is -0.825. The van der Waals surface area contributed by atoms with Gasteiger partial charge in [0.25, 0.3) is 0 Å². The Labute approximate surface area is 151 Å². The molecule has 0 bridgehead atoms. The van der Waals surface area contributed by atoms with E-state index in [1.165, 1.54) is 12.1 Å². The number of nitrogens with one attached hydrogen (secondary N) is 1. The van der Waals surface area contributed by atoms with Crippen LogP contribution in [0.5, 0.6) is 0 Å². The summed E-state index contributed by atoms with van der Waals surface area (Å²) in [6.45, 7) is 4.65. The van der Waals surface area contributed by atoms with Gasteiger partial charge in [0.2, 0.25) is 5.91 Å². The minimum Gasteiger partial charge on any atom is -0.350 e. The topological polar surface area (TPSA) is 50.2 Å². The Balaban J connectivity index is 1.43. The highest BCUT2D eigenvalue weighted by molar-refractivity contribution is 5.80. The van der Waals surface area contributed by atoms with Gasteiger partial charge >= 0.3 is 0 Å². The SMILES string of the molecule is CC1c2ncc(CNC(=O)C3CC3)n2CCN1Cc1ccc(F)c(F)c1. The minimum absolute atomic E-state index is 0.0600. The van der Waals surface area contributed by atoms with Gasteiger partial charge in [-0.05, 0) is 37.5 Å². The molecule has 26 heavy (non-hydrogen) atoms. The molecule has 1 atom stereocenters. The molecule has 4 rings (SSSR count). The van der Waals surface area contributed by atoms with Crippen LogP contribution in [0.15, 0.2) is 24.4 Å². The zero-order valence-electron chi connectivity index (χ0n) is 14.7. The number of carbonyl (C=O) groups excluding carboxylic acids is 1. The Bertz CT molecular complexity index is 831. The summed E-state index contributed by atoms with van der Waals surface area (Å²) < 4.78 is 28.7. The summed E-state index contributed by atoms with van der Waals surface area (Å²) >= 11 is 0. The maximum Gasteiger partial charge on any atom is 0.223 e. The first-order chi connectivity index (χ1) is 12.5. The van der Waals surface area contributed by atoms with Crippen molar-refractivity contribution in [2.75, 3.05) is 6.54 Å². The molecule has 0 radical (unpaired) electrons. The molecule has 0 saturated heterocycles. The summed E-state index contributed by atoms with van der Waals surface area (Å²) in [5, 5.41) is 2.98. The van der Waals surface area contributed by atoms with Crippen LogP contribution in [-0.2, 0) is 24.4 Å². The van der Waals surface area contributed by atoms with Gasteiger partial charge in [0.05, 0.1) is 24.5 Å². The molecule has 2 aliphatic rings. The number of hydrogen-bond donors (Lipinski definition) is 1. The van der Waals surface area contributed by atoms with E-state index in [0.717, 1.165) is 43.0 Å². The molecule has 1 aromatic heterocycles. The Morgan fingerprint density at radius 2 is 2.08 bits per heavy atom. The first-order valence-electron chi connectivity index (χ1n) is 9.03. The number of amides is 1. The van der Waals surface area contributed by atoms with Gasteiger partial charge in [-0.15, -0.1) is 0 Å². The molecule has 1 aromatic carbocycles. The quantitative estimate of drug-likeness (QED) is 0.892. The number of hydrogen-bond acceptors (Lipinski definition) is 3. The van der Waals surface area contributed by atoms with E-state index in [-0.39, 0.29) is 17.9 Å². The smallest absolute Gasteiger partial charge is 0.223 e. The molecule has 7 heteroatoms. The lowest BCUT2D eigenvalue weighted by Gasteiger charge is -2.34. The molecule has 1 unspecified atom stereocenters. The summed E-state index contributed by atoms with van der Waals surface area (Å²) in [6, 6.07) is 4.10. The second kappa shape index (κ2) is 6.79. The van der Waals surface area contributed by atoms with Gasteiger partial charge in [-0.2, -0.15) is 0 Å². The number of carbonyl (C=O) groups is 1. The predicted octanol–water partition coefficient (Wildman–Crippen LogP) is 2.76. The predicted molar refractivity (Wildman–Crippen MR) is 92.0 cm³/mol. The van der Waals surface area contributed by atoms with Crippen molar-refractivity contribution in [1.82, 2.24) is 19.8 Å². The van der Waals surface area contributed by atoms with Gasteiger partial charge in [-0.1, -0.05) is 6.07 Å². The maximum absolute atomic E-state index is 13.4. The number of benzene rings is 1. The molecule has 1 saturated carbocycles. The van der Waals surface area contributed by atoms with E-state index in [9.17, 15) is 13.6 Å². The lowest BCUT2D eigenvalue weighted by atomic mass is 10.1. The Morgan fingerprint density at radius 1 is 1.27 bits per heavy atom. The third-order valence-electron chi connectivity index (χ3n) is 5.26. The second-order valence-electron chi connectivity index (χ2n) is 7.15. The van der Waals surface area contributed by atoms with Crippen molar-refractivity contribution >= 4 is 5.91 Å². The largest absolute Gasteiger partial charge is 0.350 e. The molecule has 138 valence electrons.